The van der Waals surface area contributed by atoms with Gasteiger partial charge < -0.3 is 10.1 Å². The van der Waals surface area contributed by atoms with Gasteiger partial charge in [0.15, 0.2) is 5.75 Å². The smallest absolute Gasteiger partial charge is 0.255 e. The van der Waals surface area contributed by atoms with E-state index in [0.29, 0.717) is 16.4 Å². The zero-order chi connectivity index (χ0) is 19.8. The van der Waals surface area contributed by atoms with E-state index in [9.17, 15) is 17.6 Å². The van der Waals surface area contributed by atoms with Gasteiger partial charge in [0.05, 0.1) is 18.0 Å². The van der Waals surface area contributed by atoms with Gasteiger partial charge in [-0.1, -0.05) is 6.42 Å². The van der Waals surface area contributed by atoms with Crippen molar-refractivity contribution in [3.05, 3.63) is 44.0 Å². The summed E-state index contributed by atoms with van der Waals surface area (Å²) in [5.41, 5.74) is -0.237. The molecule has 1 heterocycles. The van der Waals surface area contributed by atoms with Crippen LogP contribution in [0.1, 0.15) is 19.3 Å². The van der Waals surface area contributed by atoms with Crippen LogP contribution in [0, 0.1) is 9.39 Å². The van der Waals surface area contributed by atoms with E-state index >= 15 is 0 Å². The molecule has 0 saturated heterocycles. The third-order valence-electron chi connectivity index (χ3n) is 4.54. The highest BCUT2D eigenvalue weighted by atomic mass is 127. The first-order chi connectivity index (χ1) is 12.7. The topological polar surface area (TPSA) is 89.4 Å². The second-order valence-corrected chi connectivity index (χ2v) is 9.49. The maximum Gasteiger partial charge on any atom is 0.255 e. The highest BCUT2D eigenvalue weighted by Gasteiger charge is 2.33. The molecule has 0 bridgehead atoms. The van der Waals surface area contributed by atoms with E-state index in [1.54, 1.807) is 6.07 Å². The summed E-state index contributed by atoms with van der Waals surface area (Å²) in [4.78, 5) is 12.2. The number of hydrogen-bond donors (Lipinski definition) is 2. The lowest BCUT2D eigenvalue weighted by Gasteiger charge is -2.27. The van der Waals surface area contributed by atoms with Gasteiger partial charge in [-0.15, -0.1) is 0 Å². The summed E-state index contributed by atoms with van der Waals surface area (Å²) >= 11 is 1.98. The number of nitrogens with zero attached hydrogens (tertiary/aromatic N) is 1. The molecule has 0 amide bonds. The van der Waals surface area contributed by atoms with E-state index in [2.05, 4.69) is 10.0 Å². The van der Waals surface area contributed by atoms with E-state index in [0.717, 1.165) is 6.42 Å². The fourth-order valence-corrected chi connectivity index (χ4v) is 4.76. The van der Waals surface area contributed by atoms with Crippen LogP contribution in [0.5, 0.6) is 5.75 Å². The van der Waals surface area contributed by atoms with Crippen LogP contribution in [0.3, 0.4) is 0 Å². The van der Waals surface area contributed by atoms with Gasteiger partial charge in [0, 0.05) is 16.7 Å². The molecule has 10 heteroatoms. The Bertz CT molecular complexity index is 1040. The molecular weight excluding hydrogens is 488 g/mol. The van der Waals surface area contributed by atoms with E-state index in [-0.39, 0.29) is 22.9 Å². The molecule has 0 aliphatic heterocycles. The lowest BCUT2D eigenvalue weighted by atomic mass is 10.0. The predicted molar refractivity (Wildman–Crippen MR) is 111 cm³/mol. The number of methoxy groups -OCH3 is 1. The van der Waals surface area contributed by atoms with Crippen molar-refractivity contribution in [3.8, 4) is 5.75 Å². The zero-order valence-electron chi connectivity index (χ0n) is 14.8. The van der Waals surface area contributed by atoms with Gasteiger partial charge in [-0.25, -0.2) is 12.8 Å². The van der Waals surface area contributed by atoms with Crippen LogP contribution in [0.25, 0.3) is 0 Å². The lowest BCUT2D eigenvalue weighted by Crippen LogP contribution is -2.34. The maximum atomic E-state index is 14.3. The van der Waals surface area contributed by atoms with Crippen molar-refractivity contribution < 1.29 is 17.5 Å². The minimum absolute atomic E-state index is 0.0643. The number of pyridine rings is 1. The van der Waals surface area contributed by atoms with Crippen molar-refractivity contribution >= 4 is 49.8 Å². The number of sulfonamides is 1. The molecule has 1 saturated carbocycles. The third kappa shape index (κ3) is 4.05. The molecule has 0 spiro atoms. The second kappa shape index (κ2) is 7.66. The first-order valence-electron chi connectivity index (χ1n) is 8.24. The molecule has 27 heavy (non-hydrogen) atoms. The Morgan fingerprint density at radius 2 is 2.00 bits per heavy atom. The second-order valence-electron chi connectivity index (χ2n) is 6.28. The van der Waals surface area contributed by atoms with Crippen LogP contribution < -0.4 is 20.3 Å². The summed E-state index contributed by atoms with van der Waals surface area (Å²) in [6.45, 7) is 0. The molecule has 2 aromatic rings. The van der Waals surface area contributed by atoms with Gasteiger partial charge in [0.25, 0.3) is 5.56 Å². The number of hydrogen-bond acceptors (Lipinski definition) is 5. The van der Waals surface area contributed by atoms with E-state index in [1.807, 2.05) is 22.6 Å². The summed E-state index contributed by atoms with van der Waals surface area (Å²) in [5.74, 6) is -0.359. The predicted octanol–water partition coefficient (Wildman–Crippen LogP) is 3.18. The van der Waals surface area contributed by atoms with Crippen LogP contribution in [-0.2, 0) is 17.1 Å². The number of rotatable bonds is 6. The fraction of sp³-hybridized carbons (Fsp3) is 0.353. The molecule has 7 nitrogen and oxygen atoms in total. The average Bonchev–Trinajstić information content (AvgIpc) is 2.53. The minimum Gasteiger partial charge on any atom is -0.494 e. The van der Waals surface area contributed by atoms with Crippen molar-refractivity contribution in [1.29, 1.82) is 0 Å². The van der Waals surface area contributed by atoms with Gasteiger partial charge in [-0.05, 0) is 53.6 Å². The van der Waals surface area contributed by atoms with Gasteiger partial charge in [0.1, 0.15) is 17.3 Å². The minimum atomic E-state index is -3.65. The molecule has 1 fully saturated rings. The lowest BCUT2D eigenvalue weighted by molar-refractivity contribution is 0.415. The van der Waals surface area contributed by atoms with Crippen LogP contribution in [-0.4, -0.2) is 25.3 Å². The average molecular weight is 507 g/mol. The maximum absolute atomic E-state index is 14.3. The van der Waals surface area contributed by atoms with E-state index in [4.69, 9.17) is 4.74 Å². The monoisotopic (exact) mass is 507 g/mol. The largest absolute Gasteiger partial charge is 0.494 e. The highest BCUT2D eigenvalue weighted by Crippen LogP contribution is 2.36. The Morgan fingerprint density at radius 1 is 1.30 bits per heavy atom. The van der Waals surface area contributed by atoms with Crippen molar-refractivity contribution in [3.63, 3.8) is 0 Å². The normalized spacial score (nSPS) is 14.5. The Balaban J connectivity index is 2.10. The zero-order valence-corrected chi connectivity index (χ0v) is 17.7. The number of nitrogens with one attached hydrogen (secondary N) is 2. The number of halogens is 2. The Kier molecular flexibility index (Phi) is 5.65. The molecule has 0 unspecified atom stereocenters. The van der Waals surface area contributed by atoms with Gasteiger partial charge in [0.2, 0.25) is 10.0 Å². The SMILES string of the molecule is COc1cc(=O)n(C)c(Nc2ccc(I)cc2F)c1NS(=O)(=O)C1CCC1. The van der Waals surface area contributed by atoms with Crippen molar-refractivity contribution in [2.75, 3.05) is 17.1 Å². The molecule has 0 radical (unpaired) electrons. The third-order valence-corrected chi connectivity index (χ3v) is 7.05. The summed E-state index contributed by atoms with van der Waals surface area (Å²) in [6, 6.07) is 5.74. The first-order valence-corrected chi connectivity index (χ1v) is 10.9. The standard InChI is InChI=1S/C17H19FIN3O4S/c1-22-15(23)9-14(26-2)16(21-27(24,25)11-4-3-5-11)17(22)20-13-7-6-10(19)8-12(13)18/h6-9,11,20-21H,3-5H2,1-2H3. The van der Waals surface area contributed by atoms with E-state index < -0.39 is 26.6 Å². The molecule has 146 valence electrons. The number of aromatic nitrogens is 1. The van der Waals surface area contributed by atoms with Crippen LogP contribution >= 0.6 is 22.6 Å². The molecule has 1 aliphatic rings. The van der Waals surface area contributed by atoms with Gasteiger partial charge >= 0.3 is 0 Å². The van der Waals surface area contributed by atoms with Crippen LogP contribution in [0.4, 0.5) is 21.6 Å². The highest BCUT2D eigenvalue weighted by molar-refractivity contribution is 14.1. The summed E-state index contributed by atoms with van der Waals surface area (Å²) in [6.07, 6.45) is 2.02. The number of anilines is 3. The van der Waals surface area contributed by atoms with Crippen LogP contribution in [0.15, 0.2) is 29.1 Å². The Hall–Kier alpha value is -1.82. The number of benzene rings is 1. The molecular formula is C17H19FIN3O4S. The quantitative estimate of drug-likeness (QED) is 0.587. The summed E-state index contributed by atoms with van der Waals surface area (Å²) < 4.78 is 49.2. The molecule has 1 aromatic carbocycles. The van der Waals surface area contributed by atoms with Crippen molar-refractivity contribution in [2.24, 2.45) is 7.05 Å². The van der Waals surface area contributed by atoms with Crippen molar-refractivity contribution in [1.82, 2.24) is 4.57 Å². The van der Waals surface area contributed by atoms with E-state index in [1.165, 1.54) is 36.9 Å². The molecule has 1 aromatic heterocycles. The summed E-state index contributed by atoms with van der Waals surface area (Å²) in [7, 11) is -0.844. The Labute approximate surface area is 170 Å². The molecule has 1 aliphatic carbocycles. The number of ether oxygens (including phenoxy) is 1. The van der Waals surface area contributed by atoms with Crippen molar-refractivity contribution in [2.45, 2.75) is 24.5 Å². The first kappa shape index (κ1) is 19.9. The fourth-order valence-electron chi connectivity index (χ4n) is 2.71. The molecule has 0 atom stereocenters. The summed E-state index contributed by atoms with van der Waals surface area (Å²) in [5, 5.41) is 2.34. The molecule has 3 rings (SSSR count). The van der Waals surface area contributed by atoms with Gasteiger partial charge in [-0.3, -0.25) is 14.1 Å². The Morgan fingerprint density at radius 3 is 2.56 bits per heavy atom. The van der Waals surface area contributed by atoms with Crippen LogP contribution in [0.2, 0.25) is 0 Å². The molecule has 2 N–H and O–H groups in total. The van der Waals surface area contributed by atoms with Gasteiger partial charge in [-0.2, -0.15) is 0 Å².